The quantitative estimate of drug-likeness (QED) is 0.503. The molecule has 0 aliphatic carbocycles. The van der Waals surface area contributed by atoms with Gasteiger partial charge in [0.1, 0.15) is 0 Å². The van der Waals surface area contributed by atoms with Crippen LogP contribution in [0.3, 0.4) is 0 Å². The van der Waals surface area contributed by atoms with Crippen LogP contribution in [-0.2, 0) is 0 Å². The molecule has 0 saturated carbocycles. The fourth-order valence-corrected chi connectivity index (χ4v) is 4.21. The van der Waals surface area contributed by atoms with Gasteiger partial charge in [-0.05, 0) is 31.2 Å². The van der Waals surface area contributed by atoms with Crippen molar-refractivity contribution in [3.05, 3.63) is 84.6 Å². The van der Waals surface area contributed by atoms with Gasteiger partial charge in [0.05, 0.1) is 11.1 Å². The van der Waals surface area contributed by atoms with E-state index >= 15 is 0 Å². The molecular weight excluding hydrogens is 404 g/mol. The van der Waals surface area contributed by atoms with E-state index in [-0.39, 0.29) is 17.9 Å². The van der Waals surface area contributed by atoms with Crippen molar-refractivity contribution >= 4 is 22.7 Å². The Kier molecular flexibility index (Phi) is 5.10. The predicted molar refractivity (Wildman–Crippen MR) is 120 cm³/mol. The lowest BCUT2D eigenvalue weighted by atomic mass is 10.1. The molecule has 4 aromatic rings. The van der Waals surface area contributed by atoms with E-state index < -0.39 is 0 Å². The topological polar surface area (TPSA) is 84.2 Å². The lowest BCUT2D eigenvalue weighted by Crippen LogP contribution is -2.55. The Morgan fingerprint density at radius 3 is 2.41 bits per heavy atom. The minimum absolute atomic E-state index is 0.0378. The lowest BCUT2D eigenvalue weighted by molar-refractivity contribution is 0.0415. The van der Waals surface area contributed by atoms with Crippen molar-refractivity contribution < 1.29 is 9.59 Å². The number of carbonyl (C=O) groups is 2. The van der Waals surface area contributed by atoms with Gasteiger partial charge in [0.2, 0.25) is 5.95 Å². The zero-order chi connectivity index (χ0) is 22.1. The summed E-state index contributed by atoms with van der Waals surface area (Å²) in [5.41, 5.74) is 2.09. The Balaban J connectivity index is 1.41. The summed E-state index contributed by atoms with van der Waals surface area (Å²) in [6.45, 7) is 3.41. The van der Waals surface area contributed by atoms with Gasteiger partial charge in [-0.15, -0.1) is 0 Å². The zero-order valence-corrected chi connectivity index (χ0v) is 17.6. The molecule has 160 valence electrons. The van der Waals surface area contributed by atoms with Crippen molar-refractivity contribution in [3.63, 3.8) is 0 Å². The highest BCUT2D eigenvalue weighted by Gasteiger charge is 2.32. The van der Waals surface area contributed by atoms with Crippen molar-refractivity contribution in [2.45, 2.75) is 13.0 Å². The van der Waals surface area contributed by atoms with Crippen LogP contribution in [0.25, 0.3) is 16.9 Å². The van der Waals surface area contributed by atoms with Crippen LogP contribution in [0.5, 0.6) is 0 Å². The highest BCUT2D eigenvalue weighted by Crippen LogP contribution is 2.26. The molecule has 5 rings (SSSR count). The van der Waals surface area contributed by atoms with Gasteiger partial charge < -0.3 is 9.80 Å². The van der Waals surface area contributed by atoms with Crippen molar-refractivity contribution in [1.82, 2.24) is 29.3 Å². The maximum atomic E-state index is 13.6. The van der Waals surface area contributed by atoms with Gasteiger partial charge >= 0.3 is 0 Å². The van der Waals surface area contributed by atoms with Crippen molar-refractivity contribution in [2.24, 2.45) is 0 Å². The summed E-state index contributed by atoms with van der Waals surface area (Å²) in [6, 6.07) is 12.8. The second-order valence-electron chi connectivity index (χ2n) is 7.81. The van der Waals surface area contributed by atoms with Crippen LogP contribution in [0.15, 0.2) is 73.4 Å². The summed E-state index contributed by atoms with van der Waals surface area (Å²) in [6.07, 6.45) is 8.40. The number of aromatic nitrogens is 4. The molecule has 0 radical (unpaired) electrons. The predicted octanol–water partition coefficient (Wildman–Crippen LogP) is 2.80. The number of fused-ring (bicyclic) bond motifs is 1. The summed E-state index contributed by atoms with van der Waals surface area (Å²) < 4.78 is 1.84. The minimum atomic E-state index is -0.114. The number of amides is 2. The number of hydrogen-bond donors (Lipinski definition) is 0. The molecule has 2 amide bonds. The summed E-state index contributed by atoms with van der Waals surface area (Å²) in [7, 11) is 0. The number of carbonyl (C=O) groups excluding carboxylic acids is 2. The number of piperazine rings is 1. The van der Waals surface area contributed by atoms with Crippen LogP contribution >= 0.6 is 0 Å². The molecule has 1 atom stereocenters. The molecule has 8 heteroatoms. The van der Waals surface area contributed by atoms with Crippen molar-refractivity contribution in [1.29, 1.82) is 0 Å². The Morgan fingerprint density at radius 2 is 1.66 bits per heavy atom. The van der Waals surface area contributed by atoms with Crippen molar-refractivity contribution in [3.8, 4) is 5.95 Å². The molecule has 0 unspecified atom stereocenters. The summed E-state index contributed by atoms with van der Waals surface area (Å²) in [5, 5.41) is 0.854. The molecule has 1 aliphatic rings. The average molecular weight is 426 g/mol. The van der Waals surface area contributed by atoms with E-state index in [1.807, 2.05) is 46.9 Å². The molecule has 1 aromatic carbocycles. The van der Waals surface area contributed by atoms with Gasteiger partial charge in [-0.2, -0.15) is 0 Å². The maximum absolute atomic E-state index is 13.6. The first-order valence-corrected chi connectivity index (χ1v) is 10.5. The molecule has 8 nitrogen and oxygen atoms in total. The minimum Gasteiger partial charge on any atom is -0.335 e. The van der Waals surface area contributed by atoms with Gasteiger partial charge in [-0.25, -0.2) is 9.97 Å². The largest absolute Gasteiger partial charge is 0.335 e. The van der Waals surface area contributed by atoms with E-state index in [0.29, 0.717) is 36.7 Å². The second kappa shape index (κ2) is 8.22. The molecule has 4 heterocycles. The first-order chi connectivity index (χ1) is 15.6. The number of hydrogen-bond acceptors (Lipinski definition) is 5. The lowest BCUT2D eigenvalue weighted by Gasteiger charge is -2.39. The van der Waals surface area contributed by atoms with E-state index in [4.69, 9.17) is 0 Å². The normalized spacial score (nSPS) is 16.3. The number of nitrogens with zero attached hydrogens (tertiary/aromatic N) is 6. The van der Waals surface area contributed by atoms with Crippen LogP contribution in [0.2, 0.25) is 0 Å². The third kappa shape index (κ3) is 3.49. The molecule has 3 aromatic heterocycles. The molecular formula is C24H22N6O2. The van der Waals surface area contributed by atoms with Gasteiger partial charge in [0, 0.05) is 67.6 Å². The molecule has 1 saturated heterocycles. The average Bonchev–Trinajstić information content (AvgIpc) is 3.24. The summed E-state index contributed by atoms with van der Waals surface area (Å²) in [4.78, 5) is 42.7. The fourth-order valence-electron chi connectivity index (χ4n) is 4.21. The first kappa shape index (κ1) is 19.9. The Bertz CT molecular complexity index is 1270. The highest BCUT2D eigenvalue weighted by atomic mass is 16.2. The monoisotopic (exact) mass is 426 g/mol. The Labute approximate surface area is 185 Å². The SMILES string of the molecule is C[C@H]1CN(C(=O)c2ccncc2)CCN1C(=O)c1cn(-c2ncccn2)c2ccccc12. The maximum Gasteiger partial charge on any atom is 0.256 e. The van der Waals surface area contributed by atoms with Crippen LogP contribution in [-0.4, -0.2) is 66.8 Å². The number of para-hydroxylation sites is 1. The van der Waals surface area contributed by atoms with Gasteiger partial charge in [0.15, 0.2) is 0 Å². The number of pyridine rings is 1. The van der Waals surface area contributed by atoms with E-state index in [2.05, 4.69) is 15.0 Å². The molecule has 0 bridgehead atoms. The molecule has 32 heavy (non-hydrogen) atoms. The van der Waals surface area contributed by atoms with Gasteiger partial charge in [-0.3, -0.25) is 19.1 Å². The van der Waals surface area contributed by atoms with Gasteiger partial charge in [-0.1, -0.05) is 18.2 Å². The van der Waals surface area contributed by atoms with Crippen LogP contribution in [0.1, 0.15) is 27.6 Å². The molecule has 0 N–H and O–H groups in total. The standard InChI is InChI=1S/C24H22N6O2/c1-17-15-28(22(31)18-7-11-25-12-8-18)13-14-29(17)23(32)20-16-30(24-26-9-4-10-27-24)21-6-3-2-5-19(20)21/h2-12,16-17H,13-15H2,1H3/t17-/m0/s1. The Hall–Kier alpha value is -4.07. The Morgan fingerprint density at radius 1 is 0.906 bits per heavy atom. The van der Waals surface area contributed by atoms with Crippen molar-refractivity contribution in [2.75, 3.05) is 19.6 Å². The van der Waals surface area contributed by atoms with Crippen LogP contribution in [0, 0.1) is 0 Å². The fraction of sp³-hybridized carbons (Fsp3) is 0.208. The zero-order valence-electron chi connectivity index (χ0n) is 17.6. The molecule has 1 aliphatic heterocycles. The molecule has 0 spiro atoms. The van der Waals surface area contributed by atoms with E-state index in [1.54, 1.807) is 47.9 Å². The summed E-state index contributed by atoms with van der Waals surface area (Å²) >= 11 is 0. The third-order valence-corrected chi connectivity index (χ3v) is 5.81. The number of rotatable bonds is 3. The smallest absolute Gasteiger partial charge is 0.256 e. The van der Waals surface area contributed by atoms with Gasteiger partial charge in [0.25, 0.3) is 11.8 Å². The third-order valence-electron chi connectivity index (χ3n) is 5.81. The van der Waals surface area contributed by atoms with E-state index in [9.17, 15) is 9.59 Å². The summed E-state index contributed by atoms with van der Waals surface area (Å²) in [5.74, 6) is 0.423. The van der Waals surface area contributed by atoms with E-state index in [1.165, 1.54) is 0 Å². The van der Waals surface area contributed by atoms with Crippen LogP contribution < -0.4 is 0 Å². The van der Waals surface area contributed by atoms with E-state index in [0.717, 1.165) is 10.9 Å². The first-order valence-electron chi connectivity index (χ1n) is 10.5. The molecule has 1 fully saturated rings. The second-order valence-corrected chi connectivity index (χ2v) is 7.81. The van der Waals surface area contributed by atoms with Crippen LogP contribution in [0.4, 0.5) is 0 Å². The highest BCUT2D eigenvalue weighted by molar-refractivity contribution is 6.07. The number of benzene rings is 1.